The molecular weight excluding hydrogens is 418 g/mol. The Hall–Kier alpha value is -2.74. The Labute approximate surface area is 173 Å². The van der Waals surface area contributed by atoms with E-state index in [0.29, 0.717) is 10.6 Å². The maximum atomic E-state index is 12.6. The molecule has 0 fully saturated rings. The summed E-state index contributed by atoms with van der Waals surface area (Å²) in [5.41, 5.74) is 6.78. The first-order chi connectivity index (χ1) is 13.5. The Morgan fingerprint density at radius 3 is 2.64 bits per heavy atom. The third-order valence-electron chi connectivity index (χ3n) is 3.67. The van der Waals surface area contributed by atoms with Crippen molar-refractivity contribution in [3.8, 4) is 16.0 Å². The lowest BCUT2D eigenvalue weighted by molar-refractivity contribution is 0.0456. The molecule has 0 aromatic carbocycles. The highest BCUT2D eigenvalue weighted by molar-refractivity contribution is 7.22. The second kappa shape index (κ2) is 8.52. The van der Waals surface area contributed by atoms with Gasteiger partial charge in [-0.1, -0.05) is 6.07 Å². The topological polar surface area (TPSA) is 115 Å². The molecule has 0 aliphatic heterocycles. The zero-order chi connectivity index (χ0) is 20.3. The summed E-state index contributed by atoms with van der Waals surface area (Å²) in [5, 5.41) is 12.2. The number of nitrogens with two attached hydrogens (primary N) is 1. The van der Waals surface area contributed by atoms with Crippen LogP contribution in [0.2, 0.25) is 0 Å². The van der Waals surface area contributed by atoms with Crippen LogP contribution in [-0.4, -0.2) is 23.5 Å². The van der Waals surface area contributed by atoms with Crippen molar-refractivity contribution in [1.82, 2.24) is 4.98 Å². The van der Waals surface area contributed by atoms with E-state index in [1.54, 1.807) is 13.8 Å². The summed E-state index contributed by atoms with van der Waals surface area (Å²) in [6, 6.07) is 5.80. The van der Waals surface area contributed by atoms with Crippen molar-refractivity contribution < 1.29 is 19.1 Å². The third kappa shape index (κ3) is 3.91. The normalized spacial score (nSPS) is 10.5. The molecule has 0 amide bonds. The second-order valence-corrected chi connectivity index (χ2v) is 8.47. The summed E-state index contributed by atoms with van der Waals surface area (Å²) >= 11 is 3.72. The van der Waals surface area contributed by atoms with Crippen LogP contribution in [0.1, 0.15) is 43.1 Å². The number of rotatable bonds is 6. The van der Waals surface area contributed by atoms with E-state index in [0.717, 1.165) is 21.2 Å². The van der Waals surface area contributed by atoms with Crippen LogP contribution in [0.4, 0.5) is 5.00 Å². The average Bonchev–Trinajstić information content (AvgIpc) is 3.38. The first-order valence-corrected chi connectivity index (χ1v) is 10.6. The summed E-state index contributed by atoms with van der Waals surface area (Å²) in [4.78, 5) is 30.6. The lowest BCUT2D eigenvalue weighted by Gasteiger charge is -2.06. The van der Waals surface area contributed by atoms with E-state index in [1.165, 1.54) is 22.7 Å². The molecule has 144 valence electrons. The highest BCUT2D eigenvalue weighted by atomic mass is 32.1. The number of aryl methyl sites for hydroxylation is 1. The molecule has 28 heavy (non-hydrogen) atoms. The summed E-state index contributed by atoms with van der Waals surface area (Å²) < 4.78 is 10.4. The first kappa shape index (κ1) is 20.0. The van der Waals surface area contributed by atoms with Crippen molar-refractivity contribution in [2.45, 2.75) is 20.5 Å². The number of hydrogen-bond acceptors (Lipinski definition) is 10. The number of nitrogens with zero attached hydrogens (tertiary/aromatic N) is 2. The predicted octanol–water partition coefficient (Wildman–Crippen LogP) is 4.23. The van der Waals surface area contributed by atoms with Gasteiger partial charge in [0.1, 0.15) is 32.4 Å². The van der Waals surface area contributed by atoms with E-state index >= 15 is 0 Å². The minimum atomic E-state index is -0.597. The van der Waals surface area contributed by atoms with Gasteiger partial charge in [-0.3, -0.25) is 0 Å². The Morgan fingerprint density at radius 1 is 1.25 bits per heavy atom. The molecule has 10 heteroatoms. The van der Waals surface area contributed by atoms with Gasteiger partial charge in [-0.15, -0.1) is 34.0 Å². The number of thiophene rings is 2. The van der Waals surface area contributed by atoms with Gasteiger partial charge in [-0.05, 0) is 25.3 Å². The van der Waals surface area contributed by atoms with Crippen LogP contribution in [0.25, 0.3) is 9.88 Å². The van der Waals surface area contributed by atoms with Gasteiger partial charge in [-0.25, -0.2) is 14.6 Å². The number of nitriles is 1. The van der Waals surface area contributed by atoms with Crippen LogP contribution >= 0.6 is 34.0 Å². The molecule has 0 radical (unpaired) electrons. The monoisotopic (exact) mass is 433 g/mol. The van der Waals surface area contributed by atoms with Gasteiger partial charge < -0.3 is 15.2 Å². The molecule has 0 saturated heterocycles. The van der Waals surface area contributed by atoms with Crippen molar-refractivity contribution in [3.63, 3.8) is 0 Å². The zero-order valence-electron chi connectivity index (χ0n) is 15.0. The summed E-state index contributed by atoms with van der Waals surface area (Å²) in [5.74, 6) is -1.16. The lowest BCUT2D eigenvalue weighted by Crippen LogP contribution is -2.10. The van der Waals surface area contributed by atoms with Gasteiger partial charge in [-0.2, -0.15) is 5.26 Å². The van der Waals surface area contributed by atoms with Gasteiger partial charge in [0.15, 0.2) is 0 Å². The largest absolute Gasteiger partial charge is 0.462 e. The molecule has 0 saturated carbocycles. The van der Waals surface area contributed by atoms with Crippen molar-refractivity contribution in [2.75, 3.05) is 12.3 Å². The molecule has 7 nitrogen and oxygen atoms in total. The number of ether oxygens (including phenoxy) is 2. The van der Waals surface area contributed by atoms with Crippen molar-refractivity contribution in [3.05, 3.63) is 44.1 Å². The summed E-state index contributed by atoms with van der Waals surface area (Å²) in [6.07, 6.45) is 0. The zero-order valence-corrected chi connectivity index (χ0v) is 17.4. The number of carbonyl (C=O) groups excluding carboxylic acids is 2. The van der Waals surface area contributed by atoms with E-state index in [-0.39, 0.29) is 34.2 Å². The maximum absolute atomic E-state index is 12.6. The van der Waals surface area contributed by atoms with Gasteiger partial charge in [0, 0.05) is 5.56 Å². The number of hydrogen-bond donors (Lipinski definition) is 1. The Balaban J connectivity index is 1.82. The van der Waals surface area contributed by atoms with Gasteiger partial charge in [0.2, 0.25) is 0 Å². The summed E-state index contributed by atoms with van der Waals surface area (Å²) in [6.45, 7) is 3.34. The van der Waals surface area contributed by atoms with Crippen LogP contribution in [0, 0.1) is 18.3 Å². The van der Waals surface area contributed by atoms with Crippen LogP contribution in [-0.2, 0) is 16.1 Å². The molecule has 0 aliphatic rings. The van der Waals surface area contributed by atoms with Gasteiger partial charge in [0.05, 0.1) is 22.7 Å². The minimum Gasteiger partial charge on any atom is -0.462 e. The molecule has 0 unspecified atom stereocenters. The van der Waals surface area contributed by atoms with E-state index in [2.05, 4.69) is 4.98 Å². The van der Waals surface area contributed by atoms with E-state index < -0.39 is 11.9 Å². The lowest BCUT2D eigenvalue weighted by atomic mass is 10.1. The predicted molar refractivity (Wildman–Crippen MR) is 109 cm³/mol. The van der Waals surface area contributed by atoms with Crippen molar-refractivity contribution in [2.24, 2.45) is 0 Å². The molecular formula is C18H15N3O4S3. The average molecular weight is 434 g/mol. The van der Waals surface area contributed by atoms with Crippen molar-refractivity contribution in [1.29, 1.82) is 5.26 Å². The molecule has 2 N–H and O–H groups in total. The molecule has 3 aromatic rings. The molecule has 0 spiro atoms. The maximum Gasteiger partial charge on any atom is 0.350 e. The van der Waals surface area contributed by atoms with E-state index in [9.17, 15) is 14.9 Å². The number of carbonyl (C=O) groups is 2. The highest BCUT2D eigenvalue weighted by Crippen LogP contribution is 2.34. The van der Waals surface area contributed by atoms with Crippen LogP contribution < -0.4 is 5.73 Å². The Morgan fingerprint density at radius 2 is 2.00 bits per heavy atom. The number of nitrogen functional groups attached to an aromatic ring is 1. The molecule has 3 heterocycles. The third-order valence-corrected chi connectivity index (χ3v) is 6.89. The van der Waals surface area contributed by atoms with Crippen LogP contribution in [0.3, 0.4) is 0 Å². The van der Waals surface area contributed by atoms with Crippen molar-refractivity contribution >= 4 is 51.0 Å². The number of thiazole rings is 1. The number of anilines is 1. The minimum absolute atomic E-state index is 0.126. The van der Waals surface area contributed by atoms with Gasteiger partial charge >= 0.3 is 11.9 Å². The van der Waals surface area contributed by atoms with E-state index in [1.807, 2.05) is 23.6 Å². The first-order valence-electron chi connectivity index (χ1n) is 8.13. The fraction of sp³-hybridized carbons (Fsp3) is 0.222. The fourth-order valence-corrected chi connectivity index (χ4v) is 5.08. The smallest absolute Gasteiger partial charge is 0.350 e. The summed E-state index contributed by atoms with van der Waals surface area (Å²) in [7, 11) is 0. The molecule has 0 atom stereocenters. The Kier molecular flexibility index (Phi) is 6.08. The molecule has 0 bridgehead atoms. The second-order valence-electron chi connectivity index (χ2n) is 5.47. The Bertz CT molecular complexity index is 1060. The highest BCUT2D eigenvalue weighted by Gasteiger charge is 2.25. The van der Waals surface area contributed by atoms with Crippen LogP contribution in [0.15, 0.2) is 17.5 Å². The number of aromatic nitrogens is 1. The van der Waals surface area contributed by atoms with Crippen LogP contribution in [0.5, 0.6) is 0 Å². The van der Waals surface area contributed by atoms with E-state index in [4.69, 9.17) is 15.2 Å². The SMILES string of the molecule is CCOC(=O)c1sc(N)c(C#N)c1COC(=O)c1sc(-c2cccs2)nc1C. The van der Waals surface area contributed by atoms with Gasteiger partial charge in [0.25, 0.3) is 0 Å². The number of esters is 2. The molecule has 3 aromatic heterocycles. The molecule has 3 rings (SSSR count). The molecule has 0 aliphatic carbocycles. The standard InChI is InChI=1S/C18H15N3O4S3/c1-3-24-18(23)14-11(10(7-19)15(20)27-14)8-25-17(22)13-9(2)21-16(28-13)12-5-4-6-26-12/h4-6H,3,8,20H2,1-2H3. The quantitative estimate of drug-likeness (QED) is 0.578. The fourth-order valence-electron chi connectivity index (χ4n) is 2.40.